The van der Waals surface area contributed by atoms with Crippen LogP contribution in [0.4, 0.5) is 0 Å². The lowest BCUT2D eigenvalue weighted by molar-refractivity contribution is -0.142. The summed E-state index contributed by atoms with van der Waals surface area (Å²) in [6.07, 6.45) is 1.04. The first-order valence-electron chi connectivity index (χ1n) is 5.84. The lowest BCUT2D eigenvalue weighted by Crippen LogP contribution is -2.71. The monoisotopic (exact) mass is 210 g/mol. The SMILES string of the molecule is CC(C)C1(N)CN(C(=O)C2CC2(C)C)C1. The molecule has 0 radical (unpaired) electrons. The van der Waals surface area contributed by atoms with Crippen LogP contribution in [0.1, 0.15) is 34.1 Å². The lowest BCUT2D eigenvalue weighted by Gasteiger charge is -2.50. The normalized spacial score (nSPS) is 31.3. The molecule has 1 saturated carbocycles. The molecule has 15 heavy (non-hydrogen) atoms. The van der Waals surface area contributed by atoms with E-state index in [0.29, 0.717) is 11.8 Å². The molecule has 1 aliphatic carbocycles. The van der Waals surface area contributed by atoms with E-state index in [1.165, 1.54) is 0 Å². The van der Waals surface area contributed by atoms with Crippen molar-refractivity contribution in [3.8, 4) is 0 Å². The Labute approximate surface area is 92.0 Å². The van der Waals surface area contributed by atoms with Crippen molar-refractivity contribution >= 4 is 5.91 Å². The number of carbonyl (C=O) groups excluding carboxylic acids is 1. The van der Waals surface area contributed by atoms with E-state index in [4.69, 9.17) is 5.73 Å². The van der Waals surface area contributed by atoms with Crippen molar-refractivity contribution in [3.05, 3.63) is 0 Å². The van der Waals surface area contributed by atoms with Crippen LogP contribution >= 0.6 is 0 Å². The molecule has 1 unspecified atom stereocenters. The minimum Gasteiger partial charge on any atom is -0.339 e. The van der Waals surface area contributed by atoms with Crippen LogP contribution in [0.2, 0.25) is 0 Å². The molecule has 2 fully saturated rings. The number of carbonyl (C=O) groups is 1. The summed E-state index contributed by atoms with van der Waals surface area (Å²) < 4.78 is 0. The van der Waals surface area contributed by atoms with Gasteiger partial charge in [-0.25, -0.2) is 0 Å². The number of rotatable bonds is 2. The van der Waals surface area contributed by atoms with Gasteiger partial charge < -0.3 is 10.6 Å². The standard InChI is InChI=1S/C12H22N2O/c1-8(2)12(13)6-14(7-12)10(15)9-5-11(9,3)4/h8-9H,5-7,13H2,1-4H3. The predicted octanol–water partition coefficient (Wildman–Crippen LogP) is 1.23. The van der Waals surface area contributed by atoms with Crippen LogP contribution in [0.5, 0.6) is 0 Å². The van der Waals surface area contributed by atoms with Crippen LogP contribution in [-0.4, -0.2) is 29.4 Å². The van der Waals surface area contributed by atoms with E-state index >= 15 is 0 Å². The molecule has 2 aliphatic rings. The van der Waals surface area contributed by atoms with Gasteiger partial charge in [-0.15, -0.1) is 0 Å². The highest BCUT2D eigenvalue weighted by atomic mass is 16.2. The molecule has 0 bridgehead atoms. The Balaban J connectivity index is 1.88. The van der Waals surface area contributed by atoms with Gasteiger partial charge in [0, 0.05) is 19.0 Å². The summed E-state index contributed by atoms with van der Waals surface area (Å²) in [5, 5.41) is 0. The van der Waals surface area contributed by atoms with Gasteiger partial charge in [0.2, 0.25) is 5.91 Å². The Morgan fingerprint density at radius 3 is 2.20 bits per heavy atom. The van der Waals surface area contributed by atoms with Crippen molar-refractivity contribution in [1.82, 2.24) is 4.90 Å². The second-order valence-corrected chi connectivity index (χ2v) is 6.33. The zero-order valence-electron chi connectivity index (χ0n) is 10.2. The van der Waals surface area contributed by atoms with E-state index in [1.54, 1.807) is 0 Å². The van der Waals surface area contributed by atoms with Crippen LogP contribution in [0.25, 0.3) is 0 Å². The maximum atomic E-state index is 12.0. The highest BCUT2D eigenvalue weighted by Gasteiger charge is 2.55. The van der Waals surface area contributed by atoms with Crippen LogP contribution in [0.15, 0.2) is 0 Å². The van der Waals surface area contributed by atoms with Gasteiger partial charge >= 0.3 is 0 Å². The molecule has 1 saturated heterocycles. The lowest BCUT2D eigenvalue weighted by atomic mass is 9.80. The molecule has 1 atom stereocenters. The van der Waals surface area contributed by atoms with Crippen LogP contribution in [0, 0.1) is 17.3 Å². The Kier molecular flexibility index (Phi) is 2.16. The van der Waals surface area contributed by atoms with E-state index in [9.17, 15) is 4.79 Å². The summed E-state index contributed by atoms with van der Waals surface area (Å²) in [5.74, 6) is 1.03. The molecule has 3 nitrogen and oxygen atoms in total. The van der Waals surface area contributed by atoms with Crippen molar-refractivity contribution in [3.63, 3.8) is 0 Å². The van der Waals surface area contributed by atoms with Crippen molar-refractivity contribution < 1.29 is 4.79 Å². The number of likely N-dealkylation sites (tertiary alicyclic amines) is 1. The van der Waals surface area contributed by atoms with Crippen molar-refractivity contribution in [2.45, 2.75) is 39.7 Å². The van der Waals surface area contributed by atoms with E-state index < -0.39 is 0 Å². The molecule has 0 aromatic rings. The third-order valence-corrected chi connectivity index (χ3v) is 4.24. The molecule has 0 aromatic carbocycles. The van der Waals surface area contributed by atoms with Gasteiger partial charge in [-0.3, -0.25) is 4.79 Å². The van der Waals surface area contributed by atoms with Gasteiger partial charge in [0.1, 0.15) is 0 Å². The van der Waals surface area contributed by atoms with Gasteiger partial charge in [0.25, 0.3) is 0 Å². The molecule has 0 spiro atoms. The molecule has 1 aliphatic heterocycles. The van der Waals surface area contributed by atoms with Crippen LogP contribution < -0.4 is 5.73 Å². The van der Waals surface area contributed by atoms with Crippen LogP contribution in [-0.2, 0) is 4.79 Å². The summed E-state index contributed by atoms with van der Waals surface area (Å²) in [6.45, 7) is 10.1. The molecular weight excluding hydrogens is 188 g/mol. The summed E-state index contributed by atoms with van der Waals surface area (Å²) in [5.41, 5.74) is 6.28. The maximum absolute atomic E-state index is 12.0. The Morgan fingerprint density at radius 2 is 1.87 bits per heavy atom. The quantitative estimate of drug-likeness (QED) is 0.745. The smallest absolute Gasteiger partial charge is 0.226 e. The zero-order chi connectivity index (χ0) is 11.4. The highest BCUT2D eigenvalue weighted by molar-refractivity contribution is 5.83. The maximum Gasteiger partial charge on any atom is 0.226 e. The van der Waals surface area contributed by atoms with Crippen LogP contribution in [0.3, 0.4) is 0 Å². The topological polar surface area (TPSA) is 46.3 Å². The second-order valence-electron chi connectivity index (χ2n) is 6.33. The first kappa shape index (κ1) is 10.9. The molecule has 86 valence electrons. The average molecular weight is 210 g/mol. The van der Waals surface area contributed by atoms with Gasteiger partial charge in [-0.1, -0.05) is 27.7 Å². The number of nitrogens with two attached hydrogens (primary N) is 1. The molecule has 0 aromatic heterocycles. The fourth-order valence-corrected chi connectivity index (χ4v) is 2.29. The first-order chi connectivity index (χ1) is 6.76. The van der Waals surface area contributed by atoms with Crippen molar-refractivity contribution in [1.29, 1.82) is 0 Å². The van der Waals surface area contributed by atoms with E-state index in [-0.39, 0.29) is 16.9 Å². The minimum atomic E-state index is -0.130. The Morgan fingerprint density at radius 1 is 1.40 bits per heavy atom. The molecule has 2 rings (SSSR count). The van der Waals surface area contributed by atoms with Gasteiger partial charge in [-0.05, 0) is 17.8 Å². The third-order valence-electron chi connectivity index (χ3n) is 4.24. The number of hydrogen-bond acceptors (Lipinski definition) is 2. The van der Waals surface area contributed by atoms with Gasteiger partial charge in [-0.2, -0.15) is 0 Å². The van der Waals surface area contributed by atoms with Crippen molar-refractivity contribution in [2.24, 2.45) is 23.0 Å². The fraction of sp³-hybridized carbons (Fsp3) is 0.917. The number of nitrogens with zero attached hydrogens (tertiary/aromatic N) is 1. The Hall–Kier alpha value is -0.570. The third kappa shape index (κ3) is 1.67. The van der Waals surface area contributed by atoms with Gasteiger partial charge in [0.05, 0.1) is 5.54 Å². The largest absolute Gasteiger partial charge is 0.339 e. The first-order valence-corrected chi connectivity index (χ1v) is 5.84. The van der Waals surface area contributed by atoms with E-state index in [0.717, 1.165) is 19.5 Å². The number of amides is 1. The minimum absolute atomic E-state index is 0.130. The fourth-order valence-electron chi connectivity index (χ4n) is 2.29. The predicted molar refractivity (Wildman–Crippen MR) is 60.2 cm³/mol. The summed E-state index contributed by atoms with van der Waals surface area (Å²) >= 11 is 0. The summed E-state index contributed by atoms with van der Waals surface area (Å²) in [4.78, 5) is 13.9. The number of hydrogen-bond donors (Lipinski definition) is 1. The average Bonchev–Trinajstić information content (AvgIpc) is 2.68. The highest BCUT2D eigenvalue weighted by Crippen LogP contribution is 2.53. The molecule has 2 N–H and O–H groups in total. The zero-order valence-corrected chi connectivity index (χ0v) is 10.2. The molecular formula is C12H22N2O. The molecule has 1 amide bonds. The summed E-state index contributed by atoms with van der Waals surface area (Å²) in [7, 11) is 0. The molecule has 3 heteroatoms. The second kappa shape index (κ2) is 2.97. The van der Waals surface area contributed by atoms with E-state index in [2.05, 4.69) is 27.7 Å². The molecule has 1 heterocycles. The van der Waals surface area contributed by atoms with E-state index in [1.807, 2.05) is 4.90 Å². The van der Waals surface area contributed by atoms with Gasteiger partial charge in [0.15, 0.2) is 0 Å². The Bertz CT molecular complexity index is 290. The van der Waals surface area contributed by atoms with Crippen molar-refractivity contribution in [2.75, 3.05) is 13.1 Å². The summed E-state index contributed by atoms with van der Waals surface area (Å²) in [6, 6.07) is 0.